The molecule has 36 heavy (non-hydrogen) atoms. The van der Waals surface area contributed by atoms with Crippen LogP contribution in [-0.2, 0) is 4.79 Å². The lowest BCUT2D eigenvalue weighted by Gasteiger charge is -2.22. The van der Waals surface area contributed by atoms with E-state index in [0.717, 1.165) is 17.7 Å². The number of nitrogens with zero attached hydrogens (tertiary/aromatic N) is 3. The number of Topliss-reactive ketones (excluding diaryl/α,β-unsaturated/α-hetero) is 1. The van der Waals surface area contributed by atoms with Crippen molar-refractivity contribution < 1.29 is 23.5 Å². The van der Waals surface area contributed by atoms with E-state index >= 15 is 0 Å². The monoisotopic (exact) mass is 508 g/mol. The van der Waals surface area contributed by atoms with Gasteiger partial charge in [0.05, 0.1) is 22.3 Å². The number of likely N-dealkylation sites (tertiary alicyclic amines) is 1. The number of aromatic nitrogens is 2. The van der Waals surface area contributed by atoms with Gasteiger partial charge >= 0.3 is 0 Å². The molecule has 2 aliphatic rings. The maximum atomic E-state index is 14.9. The first-order chi connectivity index (χ1) is 17.3. The van der Waals surface area contributed by atoms with Crippen LogP contribution in [0.3, 0.4) is 0 Å². The normalized spacial score (nSPS) is 18.2. The van der Waals surface area contributed by atoms with Crippen LogP contribution >= 0.6 is 11.5 Å². The van der Waals surface area contributed by atoms with Gasteiger partial charge in [-0.1, -0.05) is 6.07 Å². The van der Waals surface area contributed by atoms with Crippen LogP contribution in [0.5, 0.6) is 5.75 Å². The fourth-order valence-electron chi connectivity index (χ4n) is 4.34. The Kier molecular flexibility index (Phi) is 6.53. The molecule has 1 saturated carbocycles. The number of hydrogen-bond acceptors (Lipinski definition) is 7. The Bertz CT molecular complexity index is 1320. The van der Waals surface area contributed by atoms with Crippen LogP contribution in [0.2, 0.25) is 0 Å². The predicted octanol–water partition coefficient (Wildman–Crippen LogP) is 4.17. The highest BCUT2D eigenvalue weighted by Gasteiger charge is 2.34. The zero-order chi connectivity index (χ0) is 25.4. The largest absolute Gasteiger partial charge is 0.484 e. The molecule has 3 aromatic rings. The van der Waals surface area contributed by atoms with E-state index in [9.17, 15) is 18.8 Å². The first-order valence-electron chi connectivity index (χ1n) is 11.9. The van der Waals surface area contributed by atoms with E-state index in [1.54, 1.807) is 24.4 Å². The van der Waals surface area contributed by atoms with E-state index < -0.39 is 23.7 Å². The molecule has 0 radical (unpaired) electrons. The van der Waals surface area contributed by atoms with Crippen molar-refractivity contribution >= 4 is 29.1 Å². The summed E-state index contributed by atoms with van der Waals surface area (Å²) in [7, 11) is 0. The Labute approximate surface area is 211 Å². The highest BCUT2D eigenvalue weighted by atomic mass is 32.1. The molecule has 1 aliphatic heterocycles. The van der Waals surface area contributed by atoms with E-state index in [1.165, 1.54) is 28.6 Å². The van der Waals surface area contributed by atoms with Crippen molar-refractivity contribution in [3.63, 3.8) is 0 Å². The van der Waals surface area contributed by atoms with Gasteiger partial charge in [-0.25, -0.2) is 9.37 Å². The average Bonchev–Trinajstić information content (AvgIpc) is 3.38. The van der Waals surface area contributed by atoms with Crippen molar-refractivity contribution in [1.29, 1.82) is 0 Å². The summed E-state index contributed by atoms with van der Waals surface area (Å²) < 4.78 is 25.3. The van der Waals surface area contributed by atoms with Crippen molar-refractivity contribution in [2.45, 2.75) is 44.8 Å². The third kappa shape index (κ3) is 4.86. The molecule has 5 rings (SSSR count). The summed E-state index contributed by atoms with van der Waals surface area (Å²) in [5.74, 6) is -1.08. The number of nitrogens with two attached hydrogens (primary N) is 1. The number of benzene rings is 1. The molecular weight excluding hydrogens is 483 g/mol. The third-order valence-corrected chi connectivity index (χ3v) is 7.46. The minimum atomic E-state index is -0.704. The number of primary amides is 1. The van der Waals surface area contributed by atoms with E-state index in [4.69, 9.17) is 10.5 Å². The Morgan fingerprint density at radius 1 is 1.17 bits per heavy atom. The van der Waals surface area contributed by atoms with Gasteiger partial charge in [-0.05, 0) is 74.5 Å². The number of carbonyl (C=O) groups excluding carboxylic acids is 3. The molecular formula is C26H25FN4O4S. The zero-order valence-corrected chi connectivity index (χ0v) is 20.5. The molecule has 2 amide bonds. The van der Waals surface area contributed by atoms with Crippen molar-refractivity contribution in [3.05, 3.63) is 64.5 Å². The van der Waals surface area contributed by atoms with Crippen LogP contribution < -0.4 is 10.5 Å². The standard InChI is InChI=1S/C26H25FN4O4S/c1-14(35-17-7-9-20(29-13-17)24(32)15-4-5-15)23-12-21(30-36-23)16-6-8-18(19(27)11-16)26(34)31-10-2-3-22(31)25(28)33/h6-9,11-15,22H,2-5,10H2,1H3,(H2,28,33)/t14-,22+/m1/s1. The second-order valence-corrected chi connectivity index (χ2v) is 9.98. The molecule has 0 bridgehead atoms. The maximum Gasteiger partial charge on any atom is 0.257 e. The van der Waals surface area contributed by atoms with Gasteiger partial charge in [-0.15, -0.1) is 0 Å². The maximum absolute atomic E-state index is 14.9. The molecule has 2 atom stereocenters. The van der Waals surface area contributed by atoms with Crippen LogP contribution in [0, 0.1) is 11.7 Å². The molecule has 3 heterocycles. The number of hydrogen-bond donors (Lipinski definition) is 1. The van der Waals surface area contributed by atoms with E-state index in [0.29, 0.717) is 42.1 Å². The van der Waals surface area contributed by atoms with Crippen LogP contribution in [0.1, 0.15) is 64.4 Å². The minimum absolute atomic E-state index is 0.0785. The highest BCUT2D eigenvalue weighted by Crippen LogP contribution is 2.33. The lowest BCUT2D eigenvalue weighted by Crippen LogP contribution is -2.43. The second-order valence-electron chi connectivity index (χ2n) is 9.15. The fourth-order valence-corrected chi connectivity index (χ4v) is 5.06. The molecule has 1 aromatic carbocycles. The average molecular weight is 509 g/mol. The number of halogens is 1. The van der Waals surface area contributed by atoms with Gasteiger partial charge in [0.2, 0.25) is 5.91 Å². The number of pyridine rings is 1. The SMILES string of the molecule is C[C@@H](Oc1ccc(C(=O)C2CC2)nc1)c1cc(-c2ccc(C(=O)N3CCC[C@H]3C(N)=O)c(F)c2)ns1. The zero-order valence-electron chi connectivity index (χ0n) is 19.6. The predicted molar refractivity (Wildman–Crippen MR) is 131 cm³/mol. The Morgan fingerprint density at radius 3 is 2.64 bits per heavy atom. The first-order valence-corrected chi connectivity index (χ1v) is 12.6. The summed E-state index contributed by atoms with van der Waals surface area (Å²) in [6.45, 7) is 2.24. The fraction of sp³-hybridized carbons (Fsp3) is 0.346. The summed E-state index contributed by atoms with van der Waals surface area (Å²) in [6, 6.07) is 8.84. The van der Waals surface area contributed by atoms with Gasteiger partial charge < -0.3 is 15.4 Å². The van der Waals surface area contributed by atoms with Gasteiger partial charge in [0.25, 0.3) is 5.91 Å². The summed E-state index contributed by atoms with van der Waals surface area (Å²) in [5.41, 5.74) is 6.82. The molecule has 10 heteroatoms. The molecule has 2 fully saturated rings. The van der Waals surface area contributed by atoms with Crippen LogP contribution in [-0.4, -0.2) is 44.4 Å². The highest BCUT2D eigenvalue weighted by molar-refractivity contribution is 7.06. The second kappa shape index (κ2) is 9.77. The van der Waals surface area contributed by atoms with Gasteiger partial charge in [0, 0.05) is 18.0 Å². The lowest BCUT2D eigenvalue weighted by molar-refractivity contribution is -0.121. The Morgan fingerprint density at radius 2 is 1.97 bits per heavy atom. The summed E-state index contributed by atoms with van der Waals surface area (Å²) in [4.78, 5) is 42.9. The number of carbonyl (C=O) groups is 3. The smallest absolute Gasteiger partial charge is 0.257 e. The van der Waals surface area contributed by atoms with Crippen LogP contribution in [0.4, 0.5) is 4.39 Å². The lowest BCUT2D eigenvalue weighted by atomic mass is 10.1. The van der Waals surface area contributed by atoms with Gasteiger partial charge in [0.1, 0.15) is 29.4 Å². The number of amides is 2. The van der Waals surface area contributed by atoms with Gasteiger partial charge in [-0.2, -0.15) is 4.37 Å². The summed E-state index contributed by atoms with van der Waals surface area (Å²) in [5, 5.41) is 0. The van der Waals surface area contributed by atoms with Crippen molar-refractivity contribution in [2.24, 2.45) is 11.7 Å². The number of rotatable bonds is 8. The summed E-state index contributed by atoms with van der Waals surface area (Å²) >= 11 is 1.23. The van der Waals surface area contributed by atoms with Crippen molar-refractivity contribution in [2.75, 3.05) is 6.54 Å². The molecule has 1 saturated heterocycles. The van der Waals surface area contributed by atoms with Crippen LogP contribution in [0.25, 0.3) is 11.3 Å². The van der Waals surface area contributed by atoms with Crippen LogP contribution in [0.15, 0.2) is 42.6 Å². The van der Waals surface area contributed by atoms with Gasteiger partial charge in [-0.3, -0.25) is 14.4 Å². The summed E-state index contributed by atoms with van der Waals surface area (Å²) in [6.07, 6.45) is 4.21. The third-order valence-electron chi connectivity index (χ3n) is 6.52. The molecule has 2 aromatic heterocycles. The van der Waals surface area contributed by atoms with Crippen molar-refractivity contribution in [3.8, 4) is 17.0 Å². The Balaban J connectivity index is 1.26. The first kappa shape index (κ1) is 24.1. The molecule has 8 nitrogen and oxygen atoms in total. The van der Waals surface area contributed by atoms with E-state index in [2.05, 4.69) is 9.36 Å². The van der Waals surface area contributed by atoms with E-state index in [-0.39, 0.29) is 23.4 Å². The molecule has 0 spiro atoms. The molecule has 186 valence electrons. The van der Waals surface area contributed by atoms with Crippen molar-refractivity contribution in [1.82, 2.24) is 14.3 Å². The number of ketones is 1. The van der Waals surface area contributed by atoms with E-state index in [1.807, 2.05) is 13.0 Å². The quantitative estimate of drug-likeness (QED) is 0.457. The van der Waals surface area contributed by atoms with Gasteiger partial charge in [0.15, 0.2) is 5.78 Å². The molecule has 1 aliphatic carbocycles. The number of ether oxygens (including phenoxy) is 1. The minimum Gasteiger partial charge on any atom is -0.484 e. The Hall–Kier alpha value is -3.66. The molecule has 2 N–H and O–H groups in total. The molecule has 0 unspecified atom stereocenters. The topological polar surface area (TPSA) is 115 Å².